The molecule has 3 atom stereocenters. The van der Waals surface area contributed by atoms with Crippen LogP contribution in [0.4, 0.5) is 0 Å². The first-order valence-corrected chi connectivity index (χ1v) is 11.8. The minimum atomic E-state index is -0.951. The van der Waals surface area contributed by atoms with Crippen LogP contribution >= 0.6 is 0 Å². The third-order valence-corrected chi connectivity index (χ3v) is 6.62. The van der Waals surface area contributed by atoms with Gasteiger partial charge in [-0.05, 0) is 16.7 Å². The van der Waals surface area contributed by atoms with E-state index in [1.54, 1.807) is 0 Å². The second-order valence-electron chi connectivity index (χ2n) is 8.77. The lowest BCUT2D eigenvalue weighted by Crippen LogP contribution is -2.37. The summed E-state index contributed by atoms with van der Waals surface area (Å²) in [5.74, 6) is -0.478. The molecular weight excluding hydrogens is 456 g/mol. The predicted octanol–water partition coefficient (Wildman–Crippen LogP) is 3.65. The number of rotatable bonds is 8. The van der Waals surface area contributed by atoms with Gasteiger partial charge in [-0.3, -0.25) is 14.3 Å². The van der Waals surface area contributed by atoms with E-state index < -0.39 is 35.1 Å². The molecule has 182 valence electrons. The van der Waals surface area contributed by atoms with Crippen LogP contribution in [0.25, 0.3) is 0 Å². The highest BCUT2D eigenvalue weighted by atomic mass is 16.6. The first-order chi connectivity index (χ1) is 17.6. The Hall–Kier alpha value is -4.07. The van der Waals surface area contributed by atoms with Crippen molar-refractivity contribution in [2.24, 2.45) is 5.92 Å². The summed E-state index contributed by atoms with van der Waals surface area (Å²) in [6.45, 7) is 0.108. The van der Waals surface area contributed by atoms with Crippen LogP contribution in [-0.2, 0) is 19.9 Å². The van der Waals surface area contributed by atoms with Gasteiger partial charge in [0.2, 0.25) is 0 Å². The molecule has 0 radical (unpaired) electrons. The number of aromatic nitrogens is 2. The van der Waals surface area contributed by atoms with Crippen LogP contribution in [0.2, 0.25) is 0 Å². The minimum absolute atomic E-state index is 0.108. The van der Waals surface area contributed by atoms with E-state index in [0.717, 1.165) is 23.0 Å². The SMILES string of the molecule is O=CC1C[C@@H](n2ccc(=O)[nH]c2=O)O[C@H]1COC(c1ccccc1)(c1ccccc1)c1ccccc1. The summed E-state index contributed by atoms with van der Waals surface area (Å²) in [6.07, 6.45) is 1.27. The van der Waals surface area contributed by atoms with Crippen LogP contribution in [0, 0.1) is 5.92 Å². The summed E-state index contributed by atoms with van der Waals surface area (Å²) in [5.41, 5.74) is 0.808. The minimum Gasteiger partial charge on any atom is -0.358 e. The van der Waals surface area contributed by atoms with E-state index in [2.05, 4.69) is 4.98 Å². The van der Waals surface area contributed by atoms with E-state index in [-0.39, 0.29) is 6.61 Å². The molecule has 7 heteroatoms. The van der Waals surface area contributed by atoms with Gasteiger partial charge in [0.15, 0.2) is 0 Å². The molecule has 1 N–H and O–H groups in total. The molecule has 0 amide bonds. The lowest BCUT2D eigenvalue weighted by Gasteiger charge is -2.37. The zero-order valence-electron chi connectivity index (χ0n) is 19.5. The van der Waals surface area contributed by atoms with Crippen molar-refractivity contribution in [3.8, 4) is 0 Å². The first-order valence-electron chi connectivity index (χ1n) is 11.8. The monoisotopic (exact) mass is 482 g/mol. The predicted molar refractivity (Wildman–Crippen MR) is 135 cm³/mol. The van der Waals surface area contributed by atoms with Gasteiger partial charge in [-0.2, -0.15) is 0 Å². The number of nitrogens with one attached hydrogen (secondary N) is 1. The molecule has 4 aromatic rings. The lowest BCUT2D eigenvalue weighted by molar-refractivity contribution is -0.117. The smallest absolute Gasteiger partial charge is 0.330 e. The van der Waals surface area contributed by atoms with Crippen molar-refractivity contribution in [2.45, 2.75) is 24.4 Å². The fourth-order valence-corrected chi connectivity index (χ4v) is 4.86. The van der Waals surface area contributed by atoms with Gasteiger partial charge in [0.05, 0.1) is 12.7 Å². The molecule has 1 aliphatic rings. The van der Waals surface area contributed by atoms with Crippen LogP contribution in [0.1, 0.15) is 29.3 Å². The number of benzene rings is 3. The highest BCUT2D eigenvalue weighted by Gasteiger charge is 2.42. The highest BCUT2D eigenvalue weighted by molar-refractivity contribution is 5.55. The van der Waals surface area contributed by atoms with Gasteiger partial charge < -0.3 is 14.3 Å². The number of aromatic amines is 1. The molecule has 1 fully saturated rings. The summed E-state index contributed by atoms with van der Waals surface area (Å²) >= 11 is 0. The number of carbonyl (C=O) groups excluding carboxylic acids is 1. The number of hydrogen-bond acceptors (Lipinski definition) is 5. The summed E-state index contributed by atoms with van der Waals surface area (Å²) in [5, 5.41) is 0. The van der Waals surface area contributed by atoms with E-state index in [9.17, 15) is 14.4 Å². The summed E-state index contributed by atoms with van der Waals surface area (Å²) in [4.78, 5) is 38.0. The van der Waals surface area contributed by atoms with Gasteiger partial charge >= 0.3 is 5.69 Å². The third kappa shape index (κ3) is 4.46. The molecule has 5 rings (SSSR count). The molecule has 3 aromatic carbocycles. The van der Waals surface area contributed by atoms with Crippen LogP contribution in [0.3, 0.4) is 0 Å². The van der Waals surface area contributed by atoms with Gasteiger partial charge in [-0.1, -0.05) is 91.0 Å². The van der Waals surface area contributed by atoms with Crippen molar-refractivity contribution in [3.63, 3.8) is 0 Å². The Balaban J connectivity index is 1.52. The highest BCUT2D eigenvalue weighted by Crippen LogP contribution is 2.42. The first kappa shape index (κ1) is 23.7. The van der Waals surface area contributed by atoms with E-state index in [1.807, 2.05) is 91.0 Å². The number of carbonyl (C=O) groups is 1. The second-order valence-corrected chi connectivity index (χ2v) is 8.77. The van der Waals surface area contributed by atoms with E-state index in [1.165, 1.54) is 16.8 Å². The van der Waals surface area contributed by atoms with Crippen molar-refractivity contribution in [3.05, 3.63) is 141 Å². The van der Waals surface area contributed by atoms with Crippen LogP contribution in [0.5, 0.6) is 0 Å². The summed E-state index contributed by atoms with van der Waals surface area (Å²) < 4.78 is 14.3. The van der Waals surface area contributed by atoms with E-state index in [0.29, 0.717) is 6.42 Å². The molecule has 0 bridgehead atoms. The largest absolute Gasteiger partial charge is 0.358 e. The molecule has 1 unspecified atom stereocenters. The number of nitrogens with zero attached hydrogens (tertiary/aromatic N) is 1. The number of ether oxygens (including phenoxy) is 2. The Bertz CT molecular complexity index is 1320. The maximum absolute atomic E-state index is 12.3. The fraction of sp³-hybridized carbons (Fsp3) is 0.207. The zero-order chi connectivity index (χ0) is 25.0. The lowest BCUT2D eigenvalue weighted by atomic mass is 9.80. The topological polar surface area (TPSA) is 90.4 Å². The molecule has 0 saturated carbocycles. The molecular formula is C29H26N2O5. The summed E-state index contributed by atoms with van der Waals surface area (Å²) in [7, 11) is 0. The van der Waals surface area contributed by atoms with Crippen molar-refractivity contribution in [1.82, 2.24) is 9.55 Å². The van der Waals surface area contributed by atoms with Crippen LogP contribution in [0.15, 0.2) is 113 Å². The van der Waals surface area contributed by atoms with Gasteiger partial charge in [-0.15, -0.1) is 0 Å². The second kappa shape index (κ2) is 10.3. The van der Waals surface area contributed by atoms with Crippen molar-refractivity contribution in [2.75, 3.05) is 6.61 Å². The van der Waals surface area contributed by atoms with Gasteiger partial charge in [-0.25, -0.2) is 4.79 Å². The Kier molecular flexibility index (Phi) is 6.75. The Morgan fingerprint density at radius 1 is 0.861 bits per heavy atom. The average molecular weight is 483 g/mol. The average Bonchev–Trinajstić information content (AvgIpc) is 3.34. The van der Waals surface area contributed by atoms with Crippen molar-refractivity contribution >= 4 is 6.29 Å². The maximum Gasteiger partial charge on any atom is 0.330 e. The number of aldehydes is 1. The van der Waals surface area contributed by atoms with Gasteiger partial charge in [0.1, 0.15) is 18.1 Å². The normalized spacial score (nSPS) is 19.7. The standard InChI is InChI=1S/C29H26N2O5/c32-19-21-18-27(31-17-16-26(33)30-28(31)34)36-25(21)20-35-29(22-10-4-1-5-11-22,23-12-6-2-7-13-23)24-14-8-3-9-15-24/h1-17,19,21,25,27H,18,20H2,(H,30,33,34)/t21?,25-,27-/m0/s1. The quantitative estimate of drug-likeness (QED) is 0.306. The fourth-order valence-electron chi connectivity index (χ4n) is 4.86. The van der Waals surface area contributed by atoms with Gasteiger partial charge in [0, 0.05) is 24.6 Å². The molecule has 1 aromatic heterocycles. The molecule has 0 spiro atoms. The van der Waals surface area contributed by atoms with E-state index in [4.69, 9.17) is 9.47 Å². The van der Waals surface area contributed by atoms with Crippen LogP contribution in [-0.4, -0.2) is 28.5 Å². The Morgan fingerprint density at radius 2 is 1.39 bits per heavy atom. The van der Waals surface area contributed by atoms with E-state index >= 15 is 0 Å². The molecule has 0 aliphatic carbocycles. The maximum atomic E-state index is 12.3. The van der Waals surface area contributed by atoms with Crippen molar-refractivity contribution in [1.29, 1.82) is 0 Å². The Labute approximate surface area is 208 Å². The van der Waals surface area contributed by atoms with Crippen LogP contribution < -0.4 is 11.2 Å². The molecule has 1 aliphatic heterocycles. The third-order valence-electron chi connectivity index (χ3n) is 6.62. The number of hydrogen-bond donors (Lipinski definition) is 1. The summed E-state index contributed by atoms with van der Waals surface area (Å²) in [6, 6.07) is 31.1. The van der Waals surface area contributed by atoms with Gasteiger partial charge in [0.25, 0.3) is 5.56 Å². The molecule has 1 saturated heterocycles. The Morgan fingerprint density at radius 3 is 1.86 bits per heavy atom. The number of H-pyrrole nitrogens is 1. The molecule has 36 heavy (non-hydrogen) atoms. The molecule has 2 heterocycles. The van der Waals surface area contributed by atoms with Crippen molar-refractivity contribution < 1.29 is 14.3 Å². The molecule has 7 nitrogen and oxygen atoms in total. The zero-order valence-corrected chi connectivity index (χ0v) is 19.5.